The van der Waals surface area contributed by atoms with E-state index >= 15 is 0 Å². The van der Waals surface area contributed by atoms with Crippen LogP contribution in [-0.4, -0.2) is 43.8 Å². The Bertz CT molecular complexity index is 657. The molecule has 2 aromatic rings. The van der Waals surface area contributed by atoms with Crippen molar-refractivity contribution in [3.8, 4) is 5.75 Å². The summed E-state index contributed by atoms with van der Waals surface area (Å²) in [6.07, 6.45) is 4.26. The Morgan fingerprint density at radius 1 is 1.43 bits per heavy atom. The van der Waals surface area contributed by atoms with Crippen LogP contribution >= 0.6 is 11.8 Å². The van der Waals surface area contributed by atoms with Gasteiger partial charge in [0, 0.05) is 5.75 Å². The lowest BCUT2D eigenvalue weighted by atomic mass is 10.1. The molecule has 1 aromatic carbocycles. The van der Waals surface area contributed by atoms with Gasteiger partial charge < -0.3 is 9.84 Å². The first kappa shape index (κ1) is 16.0. The third-order valence-electron chi connectivity index (χ3n) is 3.53. The number of hydrogen-bond acceptors (Lipinski definition) is 6. The van der Waals surface area contributed by atoms with E-state index in [2.05, 4.69) is 22.1 Å². The van der Waals surface area contributed by atoms with Gasteiger partial charge in [0.05, 0.1) is 12.1 Å². The Morgan fingerprint density at radius 2 is 2.26 bits per heavy atom. The van der Waals surface area contributed by atoms with Crippen LogP contribution in [0.25, 0.3) is 0 Å². The van der Waals surface area contributed by atoms with Gasteiger partial charge in [-0.2, -0.15) is 0 Å². The maximum atomic E-state index is 10.1. The fraction of sp³-hybridized carbons (Fsp3) is 0.438. The molecule has 1 N–H and O–H groups in total. The van der Waals surface area contributed by atoms with Gasteiger partial charge in [0.1, 0.15) is 12.4 Å². The largest absolute Gasteiger partial charge is 0.491 e. The molecule has 23 heavy (non-hydrogen) atoms. The molecule has 1 saturated carbocycles. The summed E-state index contributed by atoms with van der Waals surface area (Å²) >= 11 is 1.46. The van der Waals surface area contributed by atoms with Gasteiger partial charge >= 0.3 is 0 Å². The highest BCUT2D eigenvalue weighted by Crippen LogP contribution is 2.36. The van der Waals surface area contributed by atoms with Crippen LogP contribution in [0.2, 0.25) is 0 Å². The Balaban J connectivity index is 1.49. The van der Waals surface area contributed by atoms with Crippen molar-refractivity contribution in [2.24, 2.45) is 0 Å². The van der Waals surface area contributed by atoms with Crippen molar-refractivity contribution in [3.63, 3.8) is 0 Å². The Labute approximate surface area is 139 Å². The molecule has 0 unspecified atom stereocenters. The fourth-order valence-corrected chi connectivity index (χ4v) is 3.05. The molecule has 1 heterocycles. The van der Waals surface area contributed by atoms with Gasteiger partial charge in [0.25, 0.3) is 0 Å². The van der Waals surface area contributed by atoms with Crippen LogP contribution in [0.4, 0.5) is 0 Å². The highest BCUT2D eigenvalue weighted by Gasteiger charge is 2.28. The van der Waals surface area contributed by atoms with Gasteiger partial charge in [0.15, 0.2) is 0 Å². The lowest BCUT2D eigenvalue weighted by Gasteiger charge is -2.14. The molecule has 0 spiro atoms. The van der Waals surface area contributed by atoms with Crippen molar-refractivity contribution in [3.05, 3.63) is 42.5 Å². The first-order valence-corrected chi connectivity index (χ1v) is 8.67. The number of aliphatic hydroxyl groups is 1. The second-order valence-corrected chi connectivity index (χ2v) is 6.50. The molecular formula is C16H20N4O2S. The predicted molar refractivity (Wildman–Crippen MR) is 88.7 cm³/mol. The highest BCUT2D eigenvalue weighted by molar-refractivity contribution is 7.99. The zero-order chi connectivity index (χ0) is 16.1. The average Bonchev–Trinajstić information content (AvgIpc) is 3.30. The number of hydrogen-bond donors (Lipinski definition) is 1. The summed E-state index contributed by atoms with van der Waals surface area (Å²) in [6.45, 7) is 3.99. The summed E-state index contributed by atoms with van der Waals surface area (Å²) in [5.74, 6) is 1.29. The minimum atomic E-state index is -0.582. The molecule has 1 aliphatic rings. The smallest absolute Gasteiger partial charge is 0.209 e. The summed E-state index contributed by atoms with van der Waals surface area (Å²) < 4.78 is 7.59. The maximum absolute atomic E-state index is 10.1. The number of nitrogens with zero attached hydrogens (tertiary/aromatic N) is 4. The molecule has 0 radical (unpaired) electrons. The predicted octanol–water partition coefficient (Wildman–Crippen LogP) is 2.27. The molecule has 1 fully saturated rings. The van der Waals surface area contributed by atoms with Crippen LogP contribution in [0.5, 0.6) is 5.75 Å². The highest BCUT2D eigenvalue weighted by atomic mass is 32.2. The van der Waals surface area contributed by atoms with Crippen molar-refractivity contribution >= 4 is 11.8 Å². The van der Waals surface area contributed by atoms with Gasteiger partial charge in [-0.1, -0.05) is 36.0 Å². The third kappa shape index (κ3) is 4.33. The van der Waals surface area contributed by atoms with Crippen LogP contribution in [0.1, 0.15) is 24.4 Å². The summed E-state index contributed by atoms with van der Waals surface area (Å²) in [7, 11) is 0. The first-order chi connectivity index (χ1) is 11.3. The zero-order valence-corrected chi connectivity index (χ0v) is 13.7. The van der Waals surface area contributed by atoms with Crippen LogP contribution in [0.3, 0.4) is 0 Å². The van der Waals surface area contributed by atoms with E-state index in [1.807, 2.05) is 35.0 Å². The van der Waals surface area contributed by atoms with Crippen LogP contribution in [-0.2, 0) is 6.42 Å². The maximum Gasteiger partial charge on any atom is 0.209 e. The quantitative estimate of drug-likeness (QED) is 0.561. The van der Waals surface area contributed by atoms with E-state index in [1.54, 1.807) is 0 Å². The molecule has 1 aliphatic carbocycles. The second-order valence-electron chi connectivity index (χ2n) is 5.51. The Kier molecular flexibility index (Phi) is 5.30. The molecule has 0 saturated heterocycles. The Hall–Kier alpha value is -1.86. The van der Waals surface area contributed by atoms with E-state index in [0.717, 1.165) is 35.7 Å². The molecule has 122 valence electrons. The normalized spacial score (nSPS) is 15.3. The first-order valence-electron chi connectivity index (χ1n) is 7.68. The van der Waals surface area contributed by atoms with Crippen LogP contribution < -0.4 is 4.74 Å². The number of tetrazole rings is 1. The second kappa shape index (κ2) is 7.61. The van der Waals surface area contributed by atoms with E-state index in [-0.39, 0.29) is 6.61 Å². The van der Waals surface area contributed by atoms with E-state index in [0.29, 0.717) is 11.8 Å². The number of ether oxygens (including phenoxy) is 1. The fourth-order valence-electron chi connectivity index (χ4n) is 2.20. The van der Waals surface area contributed by atoms with Gasteiger partial charge in [-0.05, 0) is 41.3 Å². The average molecular weight is 332 g/mol. The van der Waals surface area contributed by atoms with E-state index in [1.165, 1.54) is 11.8 Å². The summed E-state index contributed by atoms with van der Waals surface area (Å²) in [5, 5.41) is 22.6. The standard InChI is InChI=1S/C16H20N4O2S/c1-2-5-12-6-3-4-7-15(12)22-10-14(21)11-23-16-17-18-19-20(16)13-8-9-13/h2-4,6-7,13-14,21H,1,5,8-11H2/t14-/m1/s1. The van der Waals surface area contributed by atoms with Crippen molar-refractivity contribution in [1.29, 1.82) is 0 Å². The van der Waals surface area contributed by atoms with Crippen LogP contribution in [0.15, 0.2) is 42.1 Å². The van der Waals surface area contributed by atoms with Crippen molar-refractivity contribution < 1.29 is 9.84 Å². The van der Waals surface area contributed by atoms with Crippen molar-refractivity contribution in [2.75, 3.05) is 12.4 Å². The number of thioether (sulfide) groups is 1. The SMILES string of the molecule is C=CCc1ccccc1OC[C@@H](O)CSc1nnnn1C1CC1. The molecular weight excluding hydrogens is 312 g/mol. The van der Waals surface area contributed by atoms with Gasteiger partial charge in [-0.15, -0.1) is 11.7 Å². The minimum Gasteiger partial charge on any atom is -0.491 e. The number of para-hydroxylation sites is 1. The number of aromatic nitrogens is 4. The summed E-state index contributed by atoms with van der Waals surface area (Å²) in [4.78, 5) is 0. The van der Waals surface area contributed by atoms with Gasteiger partial charge in [0.2, 0.25) is 5.16 Å². The number of rotatable bonds is 9. The molecule has 6 nitrogen and oxygen atoms in total. The number of benzene rings is 1. The molecule has 7 heteroatoms. The number of allylic oxidation sites excluding steroid dienone is 1. The third-order valence-corrected chi connectivity index (χ3v) is 4.61. The Morgan fingerprint density at radius 3 is 3.04 bits per heavy atom. The molecule has 0 bridgehead atoms. The zero-order valence-electron chi connectivity index (χ0n) is 12.8. The molecule has 0 amide bonds. The number of aliphatic hydroxyl groups excluding tert-OH is 1. The topological polar surface area (TPSA) is 73.1 Å². The molecule has 3 rings (SSSR count). The van der Waals surface area contributed by atoms with Gasteiger partial charge in [-0.3, -0.25) is 0 Å². The molecule has 1 aromatic heterocycles. The molecule has 1 atom stereocenters. The monoisotopic (exact) mass is 332 g/mol. The lowest BCUT2D eigenvalue weighted by Crippen LogP contribution is -2.20. The summed E-state index contributed by atoms with van der Waals surface area (Å²) in [6, 6.07) is 8.24. The van der Waals surface area contributed by atoms with E-state index in [4.69, 9.17) is 4.74 Å². The van der Waals surface area contributed by atoms with Crippen molar-refractivity contribution in [2.45, 2.75) is 36.6 Å². The minimum absolute atomic E-state index is 0.242. The van der Waals surface area contributed by atoms with Crippen LogP contribution in [0, 0.1) is 0 Å². The molecule has 0 aliphatic heterocycles. The van der Waals surface area contributed by atoms with E-state index in [9.17, 15) is 5.11 Å². The van der Waals surface area contributed by atoms with E-state index < -0.39 is 6.10 Å². The lowest BCUT2D eigenvalue weighted by molar-refractivity contribution is 0.126. The van der Waals surface area contributed by atoms with Gasteiger partial charge in [-0.25, -0.2) is 4.68 Å². The van der Waals surface area contributed by atoms with Crippen molar-refractivity contribution in [1.82, 2.24) is 20.2 Å². The summed E-state index contributed by atoms with van der Waals surface area (Å²) in [5.41, 5.74) is 1.07.